The van der Waals surface area contributed by atoms with Crippen LogP contribution in [0.1, 0.15) is 19.4 Å². The molecule has 1 heterocycles. The van der Waals surface area contributed by atoms with E-state index in [2.05, 4.69) is 69.2 Å². The number of halogens is 1. The van der Waals surface area contributed by atoms with Gasteiger partial charge >= 0.3 is 5.69 Å². The van der Waals surface area contributed by atoms with E-state index >= 15 is 0 Å². The number of hydrogen-bond acceptors (Lipinski definition) is 2. The van der Waals surface area contributed by atoms with E-state index in [0.717, 1.165) is 0 Å². The summed E-state index contributed by atoms with van der Waals surface area (Å²) in [5, 5.41) is 0. The highest BCUT2D eigenvalue weighted by Crippen LogP contribution is 2.17. The molecule has 1 unspecified atom stereocenters. The summed E-state index contributed by atoms with van der Waals surface area (Å²) in [4.78, 5) is 23.4. The van der Waals surface area contributed by atoms with E-state index in [4.69, 9.17) is 19.3 Å². The molecule has 1 aromatic heterocycles. The summed E-state index contributed by atoms with van der Waals surface area (Å²) in [6, 6.07) is 0. The Labute approximate surface area is 171 Å². The molecule has 6 heteroatoms. The van der Waals surface area contributed by atoms with Crippen molar-refractivity contribution in [2.24, 2.45) is 0 Å². The lowest BCUT2D eigenvalue weighted by atomic mass is 10.4. The fourth-order valence-corrected chi connectivity index (χ4v) is 2.95. The molecule has 0 spiro atoms. The third-order valence-corrected chi connectivity index (χ3v) is 4.70. The second-order valence-electron chi connectivity index (χ2n) is 4.11. The van der Waals surface area contributed by atoms with Crippen molar-refractivity contribution < 1.29 is 0 Å². The van der Waals surface area contributed by atoms with Crippen LogP contribution in [0, 0.1) is 79.5 Å². The van der Waals surface area contributed by atoms with Crippen LogP contribution in [0.15, 0.2) is 14.2 Å². The maximum absolute atomic E-state index is 11.7. The van der Waals surface area contributed by atoms with Crippen LogP contribution in [0.4, 0.5) is 0 Å². The standard InChI is InChI=1S/C8H12BrN2O2P.C7H4.C6H2/c1-4-10-7(12)5(2)6(9)11(14-3)8(10)13;1-3-5-7-6-4-2;1-3-5-6-4-2/h14H,4H2,1-3H3;1H,2H3;1-2H. The van der Waals surface area contributed by atoms with Gasteiger partial charge in [0.15, 0.2) is 0 Å². The van der Waals surface area contributed by atoms with Crippen molar-refractivity contribution in [1.82, 2.24) is 8.90 Å². The highest BCUT2D eigenvalue weighted by atomic mass is 79.9. The van der Waals surface area contributed by atoms with Crippen LogP contribution in [0.3, 0.4) is 0 Å². The second kappa shape index (κ2) is 16.4. The van der Waals surface area contributed by atoms with Gasteiger partial charge in [0.25, 0.3) is 5.56 Å². The van der Waals surface area contributed by atoms with Crippen molar-refractivity contribution in [2.45, 2.75) is 27.3 Å². The fraction of sp³-hybridized carbons (Fsp3) is 0.238. The van der Waals surface area contributed by atoms with E-state index in [-0.39, 0.29) is 11.2 Å². The van der Waals surface area contributed by atoms with Crippen molar-refractivity contribution in [3.05, 3.63) is 31.0 Å². The molecule has 0 aliphatic rings. The lowest BCUT2D eigenvalue weighted by Crippen LogP contribution is -2.39. The number of hydrogen-bond donors (Lipinski definition) is 0. The van der Waals surface area contributed by atoms with Gasteiger partial charge in [-0.1, -0.05) is 5.92 Å². The summed E-state index contributed by atoms with van der Waals surface area (Å²) < 4.78 is 3.41. The van der Waals surface area contributed by atoms with Gasteiger partial charge in [-0.05, 0) is 99.5 Å². The van der Waals surface area contributed by atoms with Gasteiger partial charge in [0.1, 0.15) is 4.60 Å². The monoisotopic (exact) mass is 440 g/mol. The van der Waals surface area contributed by atoms with Crippen LogP contribution in [0.5, 0.6) is 0 Å². The normalized spacial score (nSPS) is 7.48. The van der Waals surface area contributed by atoms with Gasteiger partial charge in [-0.3, -0.25) is 13.7 Å². The fourth-order valence-electron chi connectivity index (χ4n) is 1.42. The molecule has 0 N–H and O–H groups in total. The van der Waals surface area contributed by atoms with Gasteiger partial charge in [-0.2, -0.15) is 0 Å². The van der Waals surface area contributed by atoms with E-state index in [1.54, 1.807) is 25.1 Å². The average molecular weight is 441 g/mol. The molecule has 4 nitrogen and oxygen atoms in total. The Hall–Kier alpha value is -3.05. The largest absolute Gasteiger partial charge is 0.334 e. The molecule has 27 heavy (non-hydrogen) atoms. The summed E-state index contributed by atoms with van der Waals surface area (Å²) in [6.45, 7) is 7.53. The van der Waals surface area contributed by atoms with Crippen molar-refractivity contribution in [3.8, 4) is 72.6 Å². The van der Waals surface area contributed by atoms with Gasteiger partial charge in [-0.25, -0.2) is 4.79 Å². The molecule has 0 saturated heterocycles. The van der Waals surface area contributed by atoms with Crippen LogP contribution in [-0.2, 0) is 6.54 Å². The zero-order valence-electron chi connectivity index (χ0n) is 15.5. The Morgan fingerprint density at radius 1 is 1.00 bits per heavy atom. The third kappa shape index (κ3) is 9.87. The number of nitrogens with zero attached hydrogens (tertiary/aromatic N) is 2. The summed E-state index contributed by atoms with van der Waals surface area (Å²) >= 11 is 3.26. The first-order valence-electron chi connectivity index (χ1n) is 7.35. The van der Waals surface area contributed by atoms with E-state index in [1.807, 2.05) is 6.66 Å². The molecule has 1 rings (SSSR count). The Morgan fingerprint density at radius 2 is 1.48 bits per heavy atom. The first-order chi connectivity index (χ1) is 12.9. The quantitative estimate of drug-likeness (QED) is 0.401. The molecule has 0 aliphatic heterocycles. The van der Waals surface area contributed by atoms with Crippen LogP contribution < -0.4 is 11.2 Å². The van der Waals surface area contributed by atoms with Crippen LogP contribution in [0.25, 0.3) is 0 Å². The van der Waals surface area contributed by atoms with Crippen molar-refractivity contribution in [1.29, 1.82) is 0 Å². The minimum absolute atomic E-state index is 0.209. The molecule has 0 amide bonds. The molecule has 0 radical (unpaired) electrons. The lowest BCUT2D eigenvalue weighted by Gasteiger charge is -2.11. The molecule has 136 valence electrons. The SMILES string of the molecule is C#CC#CC#C.C#CC#CC#CC.CCn1c(=O)c(C)c(Br)n(PC)c1=O. The summed E-state index contributed by atoms with van der Waals surface area (Å²) in [7, 11) is 0.317. The predicted molar refractivity (Wildman–Crippen MR) is 118 cm³/mol. The van der Waals surface area contributed by atoms with Gasteiger partial charge < -0.3 is 0 Å². The molecule has 0 aromatic carbocycles. The molecule has 1 atom stereocenters. The van der Waals surface area contributed by atoms with E-state index in [9.17, 15) is 9.59 Å². The highest BCUT2D eigenvalue weighted by Gasteiger charge is 2.11. The highest BCUT2D eigenvalue weighted by molar-refractivity contribution is 9.10. The summed E-state index contributed by atoms with van der Waals surface area (Å²) in [6.07, 6.45) is 14.2. The first kappa shape index (κ1) is 26.2. The zero-order valence-corrected chi connectivity index (χ0v) is 18.1. The van der Waals surface area contributed by atoms with Gasteiger partial charge in [-0.15, -0.1) is 19.3 Å². The predicted octanol–water partition coefficient (Wildman–Crippen LogP) is 2.07. The average Bonchev–Trinajstić information content (AvgIpc) is 2.67. The maximum Gasteiger partial charge on any atom is 0.334 e. The van der Waals surface area contributed by atoms with E-state index in [0.29, 0.717) is 25.4 Å². The Morgan fingerprint density at radius 3 is 1.85 bits per heavy atom. The number of terminal acetylenes is 3. The van der Waals surface area contributed by atoms with E-state index < -0.39 is 0 Å². The molecule has 1 aromatic rings. The van der Waals surface area contributed by atoms with Gasteiger partial charge in [0.2, 0.25) is 0 Å². The van der Waals surface area contributed by atoms with E-state index in [1.165, 1.54) is 4.57 Å². The zero-order chi connectivity index (χ0) is 21.2. The van der Waals surface area contributed by atoms with Crippen LogP contribution in [0.2, 0.25) is 0 Å². The Balaban J connectivity index is 0. The number of rotatable bonds is 2. The second-order valence-corrected chi connectivity index (χ2v) is 5.76. The smallest absolute Gasteiger partial charge is 0.269 e. The minimum atomic E-state index is -0.240. The summed E-state index contributed by atoms with van der Waals surface area (Å²) in [5.74, 6) is 20.6. The molecule has 0 aliphatic carbocycles. The Bertz CT molecular complexity index is 1050. The molecular formula is C21H18BrN2O2P. The van der Waals surface area contributed by atoms with Gasteiger partial charge in [0, 0.05) is 12.1 Å². The van der Waals surface area contributed by atoms with Crippen molar-refractivity contribution in [2.75, 3.05) is 6.66 Å². The maximum atomic E-state index is 11.7. The van der Waals surface area contributed by atoms with Crippen LogP contribution >= 0.6 is 24.7 Å². The van der Waals surface area contributed by atoms with Crippen LogP contribution in [-0.4, -0.2) is 15.6 Å². The minimum Gasteiger partial charge on any atom is -0.269 e. The molecule has 0 bridgehead atoms. The molecular weight excluding hydrogens is 423 g/mol. The summed E-state index contributed by atoms with van der Waals surface area (Å²) in [5.41, 5.74) is 0.135. The lowest BCUT2D eigenvalue weighted by molar-refractivity contribution is 0.651. The van der Waals surface area contributed by atoms with Crippen molar-refractivity contribution in [3.63, 3.8) is 0 Å². The number of aromatic nitrogens is 2. The Kier molecular flexibility index (Phi) is 15.9. The topological polar surface area (TPSA) is 44.0 Å². The third-order valence-electron chi connectivity index (χ3n) is 2.56. The molecule has 0 fully saturated rings. The van der Waals surface area contributed by atoms with Crippen molar-refractivity contribution >= 4 is 24.7 Å². The first-order valence-corrected chi connectivity index (χ1v) is 9.59. The molecule has 0 saturated carbocycles. The van der Waals surface area contributed by atoms with Gasteiger partial charge in [0.05, 0.1) is 0 Å².